The normalized spacial score (nSPS) is 15.6. The van der Waals surface area contributed by atoms with Gasteiger partial charge in [0.2, 0.25) is 11.8 Å². The molecule has 31 heavy (non-hydrogen) atoms. The summed E-state index contributed by atoms with van der Waals surface area (Å²) in [6.07, 6.45) is 0.926. The van der Waals surface area contributed by atoms with Crippen LogP contribution in [0.3, 0.4) is 0 Å². The van der Waals surface area contributed by atoms with E-state index in [0.29, 0.717) is 18.5 Å². The molecule has 9 heteroatoms. The van der Waals surface area contributed by atoms with E-state index in [4.69, 9.17) is 4.42 Å². The lowest BCUT2D eigenvalue weighted by atomic mass is 10.1. The number of nitrogens with zero attached hydrogens (tertiary/aromatic N) is 2. The summed E-state index contributed by atoms with van der Waals surface area (Å²) in [7, 11) is 0. The first-order valence-corrected chi connectivity index (χ1v) is 10.8. The number of amides is 2. The second kappa shape index (κ2) is 8.97. The Balaban J connectivity index is 1.32. The van der Waals surface area contributed by atoms with Crippen molar-refractivity contribution in [1.82, 2.24) is 15.2 Å². The van der Waals surface area contributed by atoms with E-state index in [-0.39, 0.29) is 43.4 Å². The molecule has 1 aromatic carbocycles. The molecule has 6 nitrogen and oxygen atoms in total. The second-order valence-corrected chi connectivity index (χ2v) is 8.25. The predicted molar refractivity (Wildman–Crippen MR) is 112 cm³/mol. The van der Waals surface area contributed by atoms with E-state index in [9.17, 15) is 18.4 Å². The minimum atomic E-state index is -2.71. The molecule has 0 unspecified atom stereocenters. The van der Waals surface area contributed by atoms with Crippen LogP contribution in [-0.2, 0) is 17.8 Å². The van der Waals surface area contributed by atoms with Gasteiger partial charge in [-0.15, -0.1) is 0 Å². The van der Waals surface area contributed by atoms with Crippen molar-refractivity contribution in [3.8, 4) is 11.5 Å². The van der Waals surface area contributed by atoms with E-state index in [0.717, 1.165) is 11.1 Å². The zero-order chi connectivity index (χ0) is 21.8. The number of nitrogens with one attached hydrogen (secondary N) is 1. The van der Waals surface area contributed by atoms with Gasteiger partial charge in [0.1, 0.15) is 6.26 Å². The maximum atomic E-state index is 13.3. The van der Waals surface area contributed by atoms with Gasteiger partial charge in [0.25, 0.3) is 11.8 Å². The first kappa shape index (κ1) is 21.2. The van der Waals surface area contributed by atoms with E-state index in [1.165, 1.54) is 11.2 Å². The molecular formula is C22H21F2N3O3S. The Morgan fingerprint density at radius 3 is 2.55 bits per heavy atom. The third-order valence-corrected chi connectivity index (χ3v) is 5.87. The summed E-state index contributed by atoms with van der Waals surface area (Å²) in [6.45, 7) is 0.403. The molecule has 3 aromatic rings. The maximum Gasteiger partial charge on any atom is 0.275 e. The molecule has 1 N–H and O–H groups in total. The van der Waals surface area contributed by atoms with Gasteiger partial charge in [-0.2, -0.15) is 11.3 Å². The largest absolute Gasteiger partial charge is 0.444 e. The number of alkyl halides is 2. The van der Waals surface area contributed by atoms with Crippen molar-refractivity contribution < 1.29 is 22.8 Å². The molecule has 1 fully saturated rings. The average Bonchev–Trinajstić information content (AvgIpc) is 3.44. The lowest BCUT2D eigenvalue weighted by Crippen LogP contribution is -2.42. The molecule has 0 aliphatic carbocycles. The Bertz CT molecular complexity index is 1040. The Kier molecular flexibility index (Phi) is 6.13. The first-order valence-electron chi connectivity index (χ1n) is 9.89. The fraction of sp³-hybridized carbons (Fsp3) is 0.318. The number of hydrogen-bond donors (Lipinski definition) is 1. The Morgan fingerprint density at radius 1 is 1.13 bits per heavy atom. The van der Waals surface area contributed by atoms with Crippen LogP contribution in [0.1, 0.15) is 34.5 Å². The van der Waals surface area contributed by atoms with Crippen molar-refractivity contribution in [1.29, 1.82) is 0 Å². The fourth-order valence-electron chi connectivity index (χ4n) is 3.31. The van der Waals surface area contributed by atoms with E-state index in [2.05, 4.69) is 10.3 Å². The summed E-state index contributed by atoms with van der Waals surface area (Å²) in [5, 5.41) is 6.77. The molecule has 162 valence electrons. The van der Waals surface area contributed by atoms with Gasteiger partial charge in [0, 0.05) is 38.0 Å². The van der Waals surface area contributed by atoms with Crippen LogP contribution in [0.25, 0.3) is 11.5 Å². The Labute approximate surface area is 181 Å². The van der Waals surface area contributed by atoms with Crippen LogP contribution in [0.5, 0.6) is 0 Å². The van der Waals surface area contributed by atoms with Gasteiger partial charge >= 0.3 is 0 Å². The van der Waals surface area contributed by atoms with E-state index in [1.807, 2.05) is 29.0 Å². The van der Waals surface area contributed by atoms with Crippen LogP contribution in [0.15, 0.2) is 51.8 Å². The van der Waals surface area contributed by atoms with E-state index < -0.39 is 11.8 Å². The number of benzene rings is 1. The predicted octanol–water partition coefficient (Wildman–Crippen LogP) is 4.13. The second-order valence-electron chi connectivity index (χ2n) is 7.47. The lowest BCUT2D eigenvalue weighted by molar-refractivity contribution is -0.120. The van der Waals surface area contributed by atoms with Gasteiger partial charge in [-0.3, -0.25) is 9.59 Å². The van der Waals surface area contributed by atoms with Crippen molar-refractivity contribution in [3.63, 3.8) is 0 Å². The highest BCUT2D eigenvalue weighted by Crippen LogP contribution is 2.28. The van der Waals surface area contributed by atoms with Crippen molar-refractivity contribution in [2.24, 2.45) is 0 Å². The molecule has 3 heterocycles. The number of rotatable bonds is 6. The molecule has 1 saturated heterocycles. The van der Waals surface area contributed by atoms with Crippen LogP contribution in [0, 0.1) is 0 Å². The Morgan fingerprint density at radius 2 is 1.87 bits per heavy atom. The molecule has 2 amide bonds. The van der Waals surface area contributed by atoms with Gasteiger partial charge in [-0.05, 0) is 40.1 Å². The zero-order valence-electron chi connectivity index (χ0n) is 16.6. The van der Waals surface area contributed by atoms with Crippen LogP contribution in [0.2, 0.25) is 0 Å². The monoisotopic (exact) mass is 445 g/mol. The highest BCUT2D eigenvalue weighted by atomic mass is 32.1. The molecule has 0 spiro atoms. The maximum absolute atomic E-state index is 13.3. The smallest absolute Gasteiger partial charge is 0.275 e. The molecule has 0 radical (unpaired) electrons. The highest BCUT2D eigenvalue weighted by molar-refractivity contribution is 7.08. The van der Waals surface area contributed by atoms with Crippen molar-refractivity contribution >= 4 is 23.2 Å². The number of carbonyl (C=O) groups is 2. The minimum absolute atomic E-state index is 0.000846. The summed E-state index contributed by atoms with van der Waals surface area (Å²) in [4.78, 5) is 30.1. The number of piperidine rings is 1. The molecule has 1 aliphatic heterocycles. The molecule has 0 bridgehead atoms. The lowest BCUT2D eigenvalue weighted by Gasteiger charge is -2.31. The molecule has 2 aromatic heterocycles. The SMILES string of the molecule is O=C(Cc1ccsc1)NCc1ccc(-c2nc(C(=O)N3CCC(F)(F)CC3)co2)cc1. The molecule has 1 aliphatic rings. The van der Waals surface area contributed by atoms with Crippen LogP contribution < -0.4 is 5.32 Å². The molecular weight excluding hydrogens is 424 g/mol. The summed E-state index contributed by atoms with van der Waals surface area (Å²) in [5.74, 6) is -2.89. The van der Waals surface area contributed by atoms with Gasteiger partial charge in [-0.25, -0.2) is 13.8 Å². The summed E-state index contributed by atoms with van der Waals surface area (Å²) in [6, 6.07) is 9.20. The van der Waals surface area contributed by atoms with Crippen LogP contribution in [0.4, 0.5) is 8.78 Å². The first-order chi connectivity index (χ1) is 14.9. The number of hydrogen-bond acceptors (Lipinski definition) is 5. The average molecular weight is 445 g/mol. The van der Waals surface area contributed by atoms with Gasteiger partial charge in [0.05, 0.1) is 6.42 Å². The number of thiophene rings is 1. The summed E-state index contributed by atoms with van der Waals surface area (Å²) >= 11 is 1.56. The number of likely N-dealkylation sites (tertiary alicyclic amines) is 1. The topological polar surface area (TPSA) is 75.4 Å². The van der Waals surface area contributed by atoms with Crippen molar-refractivity contribution in [2.45, 2.75) is 31.7 Å². The van der Waals surface area contributed by atoms with Crippen LogP contribution in [-0.4, -0.2) is 40.7 Å². The zero-order valence-corrected chi connectivity index (χ0v) is 17.5. The number of aromatic nitrogens is 1. The Hall–Kier alpha value is -3.07. The van der Waals surface area contributed by atoms with E-state index in [1.54, 1.807) is 23.5 Å². The standard InChI is InChI=1S/C22H21F2N3O3S/c23-22(24)6-8-27(9-7-22)21(29)18-13-30-20(26-18)17-3-1-15(2-4-17)12-25-19(28)11-16-5-10-31-14-16/h1-5,10,13-14H,6-9,11-12H2,(H,25,28). The highest BCUT2D eigenvalue weighted by Gasteiger charge is 2.36. The molecule has 4 rings (SSSR count). The van der Waals surface area contributed by atoms with Crippen molar-refractivity contribution in [3.05, 3.63) is 64.2 Å². The van der Waals surface area contributed by atoms with Gasteiger partial charge in [-0.1, -0.05) is 12.1 Å². The number of oxazole rings is 1. The molecule has 0 saturated carbocycles. The third-order valence-electron chi connectivity index (χ3n) is 5.14. The number of halogens is 2. The van der Waals surface area contributed by atoms with Gasteiger partial charge < -0.3 is 14.6 Å². The fourth-order valence-corrected chi connectivity index (χ4v) is 3.98. The third kappa shape index (κ3) is 5.35. The van der Waals surface area contributed by atoms with E-state index >= 15 is 0 Å². The number of carbonyl (C=O) groups excluding carboxylic acids is 2. The molecule has 0 atom stereocenters. The minimum Gasteiger partial charge on any atom is -0.444 e. The van der Waals surface area contributed by atoms with Gasteiger partial charge in [0.15, 0.2) is 5.69 Å². The quantitative estimate of drug-likeness (QED) is 0.619. The summed E-state index contributed by atoms with van der Waals surface area (Å²) < 4.78 is 32.0. The van der Waals surface area contributed by atoms with Crippen molar-refractivity contribution in [2.75, 3.05) is 13.1 Å². The summed E-state index contributed by atoms with van der Waals surface area (Å²) in [5.41, 5.74) is 2.69. The van der Waals surface area contributed by atoms with Crippen LogP contribution >= 0.6 is 11.3 Å².